The molecule has 0 spiro atoms. The molecule has 4 rings (SSSR count). The van der Waals surface area contributed by atoms with Crippen LogP contribution >= 0.6 is 12.4 Å². The van der Waals surface area contributed by atoms with E-state index >= 15 is 0 Å². The summed E-state index contributed by atoms with van der Waals surface area (Å²) in [6.45, 7) is 17.0. The van der Waals surface area contributed by atoms with Crippen LogP contribution in [0, 0.1) is 11.8 Å². The number of unbranched alkanes of at least 4 members (excludes halogenated alkanes) is 2. The molecule has 0 radical (unpaired) electrons. The fourth-order valence-corrected chi connectivity index (χ4v) is 6.80. The summed E-state index contributed by atoms with van der Waals surface area (Å²) >= 11 is 0. The number of benzene rings is 1. The minimum Gasteiger partial charge on any atom is -0.483 e. The Kier molecular flexibility index (Phi) is 11.8. The van der Waals surface area contributed by atoms with Gasteiger partial charge in [0.05, 0.1) is 5.56 Å². The zero-order chi connectivity index (χ0) is 27.3. The third-order valence-corrected chi connectivity index (χ3v) is 9.46. The largest absolute Gasteiger partial charge is 0.483 e. The maximum atomic E-state index is 13.2. The molecular weight excluding hydrogens is 506 g/mol. The van der Waals surface area contributed by atoms with Crippen LogP contribution in [0.15, 0.2) is 17.7 Å². The highest BCUT2D eigenvalue weighted by molar-refractivity contribution is 5.85. The maximum Gasteiger partial charge on any atom is 0.311 e. The monoisotopic (exact) mass is 559 g/mol. The number of hydrogen-bond acceptors (Lipinski definition) is 4. The van der Waals surface area contributed by atoms with Crippen LogP contribution in [0.3, 0.4) is 0 Å². The van der Waals surface area contributed by atoms with Gasteiger partial charge < -0.3 is 14.4 Å². The molecule has 1 fully saturated rings. The minimum atomic E-state index is -0.327. The number of halogens is 1. The summed E-state index contributed by atoms with van der Waals surface area (Å²) < 4.78 is 13.0. The zero-order valence-corrected chi connectivity index (χ0v) is 26.4. The number of piperidine rings is 1. The number of carbonyl (C=O) groups excluding carboxylic acids is 1. The fraction of sp³-hybridized carbons (Fsp3) is 0.735. The van der Waals surface area contributed by atoms with Crippen LogP contribution < -0.4 is 9.47 Å². The summed E-state index contributed by atoms with van der Waals surface area (Å²) in [5, 5.41) is 0. The van der Waals surface area contributed by atoms with E-state index in [0.29, 0.717) is 24.2 Å². The van der Waals surface area contributed by atoms with Crippen molar-refractivity contribution in [2.75, 3.05) is 19.6 Å². The summed E-state index contributed by atoms with van der Waals surface area (Å²) in [5.41, 5.74) is 4.70. The molecule has 0 bridgehead atoms. The normalized spacial score (nSPS) is 22.2. The van der Waals surface area contributed by atoms with Crippen LogP contribution in [0.4, 0.5) is 0 Å². The van der Waals surface area contributed by atoms with Gasteiger partial charge in [-0.1, -0.05) is 59.8 Å². The lowest BCUT2D eigenvalue weighted by Gasteiger charge is -2.41. The summed E-state index contributed by atoms with van der Waals surface area (Å²) in [6, 6.07) is 4.43. The molecule has 0 N–H and O–H groups in total. The molecule has 1 aromatic rings. The Morgan fingerprint density at radius 2 is 1.87 bits per heavy atom. The highest BCUT2D eigenvalue weighted by Crippen LogP contribution is 2.52. The number of nitrogens with zero attached hydrogens (tertiary/aromatic N) is 1. The minimum absolute atomic E-state index is 0. The van der Waals surface area contributed by atoms with E-state index in [4.69, 9.17) is 9.47 Å². The molecule has 5 heteroatoms. The maximum absolute atomic E-state index is 13.2. The first-order chi connectivity index (χ1) is 18.2. The number of rotatable bonds is 11. The van der Waals surface area contributed by atoms with E-state index in [2.05, 4.69) is 58.6 Å². The number of carbonyl (C=O) groups is 1. The van der Waals surface area contributed by atoms with Crippen molar-refractivity contribution >= 4 is 23.9 Å². The average molecular weight is 560 g/mol. The van der Waals surface area contributed by atoms with Crippen molar-refractivity contribution in [1.82, 2.24) is 4.90 Å². The van der Waals surface area contributed by atoms with Gasteiger partial charge >= 0.3 is 5.97 Å². The van der Waals surface area contributed by atoms with E-state index in [1.807, 2.05) is 0 Å². The molecule has 4 nitrogen and oxygen atoms in total. The van der Waals surface area contributed by atoms with Gasteiger partial charge in [0.25, 0.3) is 0 Å². The number of hydrogen-bond donors (Lipinski definition) is 0. The topological polar surface area (TPSA) is 38.8 Å². The molecule has 0 amide bonds. The van der Waals surface area contributed by atoms with Gasteiger partial charge in [-0.25, -0.2) is 0 Å². The van der Waals surface area contributed by atoms with Crippen molar-refractivity contribution in [2.24, 2.45) is 11.8 Å². The van der Waals surface area contributed by atoms with Crippen molar-refractivity contribution < 1.29 is 14.3 Å². The standard InChI is InChI=1S/C34H53NO3.ClH/c1-7-8-10-14-25(3)26(4)27-22-30(37-32(36)15-13-20-35-18-11-9-12-19-35)33-28-21-24(2)16-17-29(28)34(5,6)38-31(33)23-27;/h22-26H,7-21H2,1-6H3;1H. The van der Waals surface area contributed by atoms with E-state index in [-0.39, 0.29) is 24.0 Å². The summed E-state index contributed by atoms with van der Waals surface area (Å²) in [6.07, 6.45) is 13.5. The van der Waals surface area contributed by atoms with Crippen LogP contribution in [-0.2, 0) is 4.79 Å². The predicted octanol–water partition coefficient (Wildman–Crippen LogP) is 9.34. The van der Waals surface area contributed by atoms with Gasteiger partial charge in [-0.3, -0.25) is 4.79 Å². The molecule has 1 saturated heterocycles. The van der Waals surface area contributed by atoms with Gasteiger partial charge in [-0.05, 0) is 119 Å². The molecule has 1 aliphatic carbocycles. The van der Waals surface area contributed by atoms with Gasteiger partial charge in [0.1, 0.15) is 17.1 Å². The van der Waals surface area contributed by atoms with Crippen LogP contribution in [0.2, 0.25) is 0 Å². The highest BCUT2D eigenvalue weighted by atomic mass is 35.5. The molecule has 2 heterocycles. The third-order valence-electron chi connectivity index (χ3n) is 9.46. The Hall–Kier alpha value is -1.52. The number of likely N-dealkylation sites (tertiary alicyclic amines) is 1. The van der Waals surface area contributed by atoms with E-state index in [1.54, 1.807) is 0 Å². The Morgan fingerprint density at radius 1 is 1.13 bits per heavy atom. The molecule has 0 saturated carbocycles. The van der Waals surface area contributed by atoms with Crippen LogP contribution in [0.25, 0.3) is 5.57 Å². The smallest absolute Gasteiger partial charge is 0.311 e. The molecule has 1 aromatic carbocycles. The lowest BCUT2D eigenvalue weighted by molar-refractivity contribution is -0.134. The number of ether oxygens (including phenoxy) is 2. The molecular formula is C34H54ClNO3. The van der Waals surface area contributed by atoms with Gasteiger partial charge in [-0.2, -0.15) is 0 Å². The summed E-state index contributed by atoms with van der Waals surface area (Å²) in [5.74, 6) is 3.09. The van der Waals surface area contributed by atoms with Crippen LogP contribution in [0.5, 0.6) is 11.5 Å². The first-order valence-electron chi connectivity index (χ1n) is 15.7. The molecule has 3 aliphatic rings. The zero-order valence-electron chi connectivity index (χ0n) is 25.6. The number of fused-ring (bicyclic) bond motifs is 2. The van der Waals surface area contributed by atoms with Crippen molar-refractivity contribution in [1.29, 1.82) is 0 Å². The average Bonchev–Trinajstić information content (AvgIpc) is 2.88. The first-order valence-corrected chi connectivity index (χ1v) is 15.7. The Morgan fingerprint density at radius 3 is 2.59 bits per heavy atom. The second-order valence-corrected chi connectivity index (χ2v) is 13.1. The molecule has 3 unspecified atom stereocenters. The van der Waals surface area contributed by atoms with Crippen molar-refractivity contribution in [3.63, 3.8) is 0 Å². The lowest BCUT2D eigenvalue weighted by atomic mass is 9.74. The Labute approximate surface area is 244 Å². The van der Waals surface area contributed by atoms with Gasteiger partial charge in [0.2, 0.25) is 0 Å². The molecule has 0 aromatic heterocycles. The van der Waals surface area contributed by atoms with E-state index in [0.717, 1.165) is 42.9 Å². The second-order valence-electron chi connectivity index (χ2n) is 13.1. The molecule has 39 heavy (non-hydrogen) atoms. The second kappa shape index (κ2) is 14.4. The molecule has 220 valence electrons. The number of allylic oxidation sites excluding steroid dienone is 1. The van der Waals surface area contributed by atoms with Crippen molar-refractivity contribution in [2.45, 2.75) is 130 Å². The van der Waals surface area contributed by atoms with Gasteiger partial charge in [0.15, 0.2) is 0 Å². The molecule has 2 aliphatic heterocycles. The Balaban J connectivity index is 0.00000420. The predicted molar refractivity (Wildman–Crippen MR) is 165 cm³/mol. The van der Waals surface area contributed by atoms with Crippen LogP contribution in [0.1, 0.15) is 136 Å². The summed E-state index contributed by atoms with van der Waals surface area (Å²) in [7, 11) is 0. The van der Waals surface area contributed by atoms with E-state index in [9.17, 15) is 4.79 Å². The fourth-order valence-electron chi connectivity index (χ4n) is 6.80. The molecule has 3 atom stereocenters. The lowest BCUT2D eigenvalue weighted by Crippen LogP contribution is -2.37. The van der Waals surface area contributed by atoms with Crippen LogP contribution in [-0.4, -0.2) is 36.1 Å². The summed E-state index contributed by atoms with van der Waals surface area (Å²) in [4.78, 5) is 15.7. The van der Waals surface area contributed by atoms with Crippen molar-refractivity contribution in [3.05, 3.63) is 28.8 Å². The third kappa shape index (κ3) is 8.03. The Bertz CT molecular complexity index is 994. The van der Waals surface area contributed by atoms with Crippen molar-refractivity contribution in [3.8, 4) is 11.5 Å². The van der Waals surface area contributed by atoms with Gasteiger partial charge in [0, 0.05) is 6.42 Å². The quantitative estimate of drug-likeness (QED) is 0.154. The first kappa shape index (κ1) is 32.0. The number of esters is 1. The van der Waals surface area contributed by atoms with E-state index < -0.39 is 0 Å². The van der Waals surface area contributed by atoms with Gasteiger partial charge in [-0.15, -0.1) is 12.4 Å². The highest BCUT2D eigenvalue weighted by Gasteiger charge is 2.39. The van der Waals surface area contributed by atoms with E-state index in [1.165, 1.54) is 81.2 Å². The SMILES string of the molecule is CCCCCC(C)C(C)c1cc(OC(=O)CCCN2CCCCC2)c2c(c1)OC(C)(C)C1=C2CC(C)CC1.Cl.